The van der Waals surface area contributed by atoms with Crippen LogP contribution < -0.4 is 0 Å². The third-order valence-corrected chi connectivity index (χ3v) is 4.15. The fourth-order valence-corrected chi connectivity index (χ4v) is 2.79. The quantitative estimate of drug-likeness (QED) is 0.358. The Morgan fingerprint density at radius 2 is 1.94 bits per heavy atom. The Labute approximate surface area is 101 Å². The van der Waals surface area contributed by atoms with Crippen LogP contribution in [0, 0.1) is 0 Å². The van der Waals surface area contributed by atoms with Crippen LogP contribution in [0.1, 0.15) is 20.3 Å². The van der Waals surface area contributed by atoms with Crippen LogP contribution in [0.3, 0.4) is 0 Å². The molecule has 0 aromatic heterocycles. The van der Waals surface area contributed by atoms with Gasteiger partial charge in [-0.05, 0) is 13.8 Å². The lowest BCUT2D eigenvalue weighted by Crippen LogP contribution is -2.12. The summed E-state index contributed by atoms with van der Waals surface area (Å²) >= 11 is 0. The number of hydrogen-bond donors (Lipinski definition) is 0. The number of epoxide rings is 1. The van der Waals surface area contributed by atoms with Crippen LogP contribution in [0.15, 0.2) is 0 Å². The lowest BCUT2D eigenvalue weighted by atomic mass is 10.5. The highest BCUT2D eigenvalue weighted by Gasteiger charge is 2.27. The molecule has 1 heterocycles. The van der Waals surface area contributed by atoms with Gasteiger partial charge in [0.25, 0.3) is 0 Å². The van der Waals surface area contributed by atoms with Gasteiger partial charge >= 0.3 is 13.6 Å². The van der Waals surface area contributed by atoms with Crippen molar-refractivity contribution in [1.82, 2.24) is 0 Å². The van der Waals surface area contributed by atoms with E-state index in [1.807, 2.05) is 0 Å². The van der Waals surface area contributed by atoms with Crippen molar-refractivity contribution in [1.29, 1.82) is 0 Å². The van der Waals surface area contributed by atoms with Crippen molar-refractivity contribution in [3.05, 3.63) is 0 Å². The smallest absolute Gasteiger partial charge is 0.331 e. The molecule has 0 saturated carbocycles. The first-order valence-electron chi connectivity index (χ1n) is 5.75. The van der Waals surface area contributed by atoms with Crippen molar-refractivity contribution >= 4 is 13.6 Å². The Balaban J connectivity index is 2.23. The van der Waals surface area contributed by atoms with Crippen molar-refractivity contribution < 1.29 is 27.9 Å². The van der Waals surface area contributed by atoms with E-state index in [9.17, 15) is 9.36 Å². The monoisotopic (exact) mass is 266 g/mol. The van der Waals surface area contributed by atoms with Crippen molar-refractivity contribution in [3.63, 3.8) is 0 Å². The Morgan fingerprint density at radius 3 is 2.41 bits per heavy atom. The van der Waals surface area contributed by atoms with Gasteiger partial charge < -0.3 is 18.5 Å². The van der Waals surface area contributed by atoms with E-state index in [1.165, 1.54) is 0 Å². The van der Waals surface area contributed by atoms with Gasteiger partial charge in [0.1, 0.15) is 12.7 Å². The van der Waals surface area contributed by atoms with E-state index >= 15 is 0 Å². The molecule has 1 saturated heterocycles. The molecule has 6 nitrogen and oxygen atoms in total. The summed E-state index contributed by atoms with van der Waals surface area (Å²) in [6.07, 6.45) is 0.132. The molecule has 1 aliphatic heterocycles. The van der Waals surface area contributed by atoms with Gasteiger partial charge in [0.2, 0.25) is 0 Å². The molecule has 0 amide bonds. The van der Waals surface area contributed by atoms with Crippen molar-refractivity contribution in [2.45, 2.75) is 26.4 Å². The SMILES string of the molecule is CCOP(=O)(CCC(=O)OCC1CO1)OCC. The molecule has 0 aliphatic carbocycles. The van der Waals surface area contributed by atoms with Crippen molar-refractivity contribution in [3.8, 4) is 0 Å². The summed E-state index contributed by atoms with van der Waals surface area (Å²) in [5.41, 5.74) is 0. The molecular weight excluding hydrogens is 247 g/mol. The largest absolute Gasteiger partial charge is 0.463 e. The number of ether oxygens (including phenoxy) is 2. The van der Waals surface area contributed by atoms with E-state index in [0.29, 0.717) is 19.8 Å². The molecule has 1 fully saturated rings. The van der Waals surface area contributed by atoms with Gasteiger partial charge in [-0.3, -0.25) is 9.36 Å². The molecule has 0 aromatic rings. The highest BCUT2D eigenvalue weighted by atomic mass is 31.2. The normalized spacial score (nSPS) is 19.1. The van der Waals surface area contributed by atoms with E-state index < -0.39 is 13.6 Å². The minimum Gasteiger partial charge on any atom is -0.463 e. The highest BCUT2D eigenvalue weighted by Crippen LogP contribution is 2.48. The van der Waals surface area contributed by atoms with Crippen LogP contribution in [-0.2, 0) is 27.9 Å². The van der Waals surface area contributed by atoms with Gasteiger partial charge in [0.05, 0.1) is 32.4 Å². The van der Waals surface area contributed by atoms with Gasteiger partial charge in [-0.1, -0.05) is 0 Å². The second-order valence-corrected chi connectivity index (χ2v) is 5.74. The maximum atomic E-state index is 12.0. The third kappa shape index (κ3) is 6.17. The molecule has 0 bridgehead atoms. The maximum Gasteiger partial charge on any atom is 0.331 e. The van der Waals surface area contributed by atoms with Gasteiger partial charge in [-0.15, -0.1) is 0 Å². The third-order valence-electron chi connectivity index (χ3n) is 2.07. The first-order valence-corrected chi connectivity index (χ1v) is 7.47. The van der Waals surface area contributed by atoms with Crippen LogP contribution in [0.5, 0.6) is 0 Å². The fourth-order valence-electron chi connectivity index (χ4n) is 1.21. The minimum atomic E-state index is -3.14. The molecule has 0 N–H and O–H groups in total. The average molecular weight is 266 g/mol. The molecular formula is C10H19O6P. The van der Waals surface area contributed by atoms with Gasteiger partial charge in [-0.25, -0.2) is 0 Å². The predicted octanol–water partition coefficient (Wildman–Crippen LogP) is 1.58. The summed E-state index contributed by atoms with van der Waals surface area (Å²) in [4.78, 5) is 11.3. The summed E-state index contributed by atoms with van der Waals surface area (Å²) in [6.45, 7) is 4.96. The molecule has 17 heavy (non-hydrogen) atoms. The first kappa shape index (κ1) is 14.6. The molecule has 1 atom stereocenters. The summed E-state index contributed by atoms with van der Waals surface area (Å²) in [6, 6.07) is 0. The standard InChI is InChI=1S/C10H19O6P/c1-3-15-17(12,16-4-2)6-5-10(11)14-8-9-7-13-9/h9H,3-8H2,1-2H3. The predicted molar refractivity (Wildman–Crippen MR) is 61.0 cm³/mol. The Morgan fingerprint density at radius 1 is 1.35 bits per heavy atom. The number of hydrogen-bond acceptors (Lipinski definition) is 6. The molecule has 1 rings (SSSR count). The zero-order chi connectivity index (χ0) is 12.7. The Kier molecular flexibility index (Phi) is 6.12. The van der Waals surface area contributed by atoms with Crippen LogP contribution in [0.25, 0.3) is 0 Å². The lowest BCUT2D eigenvalue weighted by molar-refractivity contribution is -0.143. The van der Waals surface area contributed by atoms with Gasteiger partial charge in [0.15, 0.2) is 0 Å². The molecule has 0 aromatic carbocycles. The van der Waals surface area contributed by atoms with E-state index in [1.54, 1.807) is 13.8 Å². The highest BCUT2D eigenvalue weighted by molar-refractivity contribution is 7.53. The Hall–Kier alpha value is -0.420. The molecule has 7 heteroatoms. The lowest BCUT2D eigenvalue weighted by Gasteiger charge is -2.16. The van der Waals surface area contributed by atoms with Crippen LogP contribution in [-0.4, -0.2) is 44.7 Å². The van der Waals surface area contributed by atoms with Gasteiger partial charge in [-0.2, -0.15) is 0 Å². The fraction of sp³-hybridized carbons (Fsp3) is 0.900. The number of rotatable bonds is 9. The topological polar surface area (TPSA) is 74.4 Å². The molecule has 1 aliphatic rings. The number of carbonyl (C=O) groups excluding carboxylic acids is 1. The van der Waals surface area contributed by atoms with Crippen LogP contribution in [0.4, 0.5) is 0 Å². The molecule has 0 spiro atoms. The second-order valence-electron chi connectivity index (χ2n) is 3.56. The van der Waals surface area contributed by atoms with E-state index in [0.717, 1.165) is 0 Å². The van der Waals surface area contributed by atoms with Gasteiger partial charge in [0, 0.05) is 0 Å². The summed E-state index contributed by atoms with van der Waals surface area (Å²) in [7, 11) is -3.14. The van der Waals surface area contributed by atoms with E-state index in [4.69, 9.17) is 18.5 Å². The summed E-state index contributed by atoms with van der Waals surface area (Å²) in [5.74, 6) is -0.403. The molecule has 0 radical (unpaired) electrons. The number of esters is 1. The van der Waals surface area contributed by atoms with Crippen molar-refractivity contribution in [2.75, 3.05) is 32.6 Å². The molecule has 100 valence electrons. The first-order chi connectivity index (χ1) is 8.09. The van der Waals surface area contributed by atoms with Crippen molar-refractivity contribution in [2.24, 2.45) is 0 Å². The van der Waals surface area contributed by atoms with E-state index in [2.05, 4.69) is 0 Å². The average Bonchev–Trinajstić information content (AvgIpc) is 3.08. The summed E-state index contributed by atoms with van der Waals surface area (Å²) in [5, 5.41) is 0. The minimum absolute atomic E-state index is 0.0317. The number of carbonyl (C=O) groups is 1. The second kappa shape index (κ2) is 7.11. The van der Waals surface area contributed by atoms with Crippen LogP contribution >= 0.6 is 7.60 Å². The van der Waals surface area contributed by atoms with Crippen LogP contribution in [0.2, 0.25) is 0 Å². The van der Waals surface area contributed by atoms with E-state index in [-0.39, 0.29) is 25.3 Å². The summed E-state index contributed by atoms with van der Waals surface area (Å²) < 4.78 is 31.9. The maximum absolute atomic E-state index is 12.0. The molecule has 1 unspecified atom stereocenters. The Bertz CT molecular complexity index is 279. The zero-order valence-electron chi connectivity index (χ0n) is 10.2. The zero-order valence-corrected chi connectivity index (χ0v) is 11.1.